The van der Waals surface area contributed by atoms with Crippen LogP contribution >= 0.6 is 35.1 Å². The molecule has 0 radical (unpaired) electrons. The number of hydrogen-bond donors (Lipinski definition) is 1. The Morgan fingerprint density at radius 1 is 1.07 bits per heavy atom. The normalized spacial score (nSPS) is 21.3. The molecule has 41 heavy (non-hydrogen) atoms. The van der Waals surface area contributed by atoms with Crippen molar-refractivity contribution in [2.45, 2.75) is 56.4 Å². The van der Waals surface area contributed by atoms with Gasteiger partial charge in [-0.25, -0.2) is 4.31 Å². The third-order valence-corrected chi connectivity index (χ3v) is 9.19. The molecule has 0 bridgehead atoms. The van der Waals surface area contributed by atoms with E-state index in [0.29, 0.717) is 28.6 Å². The monoisotopic (exact) mass is 611 g/mol. The molecule has 2 saturated heterocycles. The standard InChI is InChI=1S/C30H31Cl2N5O3S/c1-18(2)35-17-27-36(41-26-11-6-19(3)13-23(26)32)16-24(34-28(38)21-5-4-12-33-15-21)29(39)37(27)25(30(35)40)14-20-7-9-22(31)10-8-20/h4-13,15,18,24-25,27H,14,16-17H2,1-3H3,(H,34,38). The minimum Gasteiger partial charge on any atom is -0.339 e. The van der Waals surface area contributed by atoms with Gasteiger partial charge in [0.15, 0.2) is 0 Å². The second kappa shape index (κ2) is 12.4. The molecule has 3 amide bonds. The zero-order valence-electron chi connectivity index (χ0n) is 23.0. The summed E-state index contributed by atoms with van der Waals surface area (Å²) in [5, 5.41) is 4.09. The van der Waals surface area contributed by atoms with Crippen LogP contribution < -0.4 is 5.32 Å². The van der Waals surface area contributed by atoms with E-state index in [-0.39, 0.29) is 24.4 Å². The zero-order chi connectivity index (χ0) is 29.3. The quantitative estimate of drug-likeness (QED) is 0.385. The smallest absolute Gasteiger partial charge is 0.253 e. The highest BCUT2D eigenvalue weighted by molar-refractivity contribution is 7.97. The molecule has 11 heteroatoms. The number of nitrogens with zero attached hydrogens (tertiary/aromatic N) is 4. The minimum absolute atomic E-state index is 0.0645. The summed E-state index contributed by atoms with van der Waals surface area (Å²) in [7, 11) is 0. The fourth-order valence-electron chi connectivity index (χ4n) is 5.21. The molecule has 3 unspecified atom stereocenters. The molecule has 214 valence electrons. The third-order valence-electron chi connectivity index (χ3n) is 7.33. The van der Waals surface area contributed by atoms with Gasteiger partial charge in [0.2, 0.25) is 11.8 Å². The molecule has 2 aliphatic heterocycles. The number of halogens is 2. The fraction of sp³-hybridized carbons (Fsp3) is 0.333. The van der Waals surface area contributed by atoms with Gasteiger partial charge in [0.05, 0.1) is 17.1 Å². The molecule has 2 fully saturated rings. The number of amides is 3. The maximum absolute atomic E-state index is 14.2. The van der Waals surface area contributed by atoms with E-state index in [2.05, 4.69) is 14.6 Å². The van der Waals surface area contributed by atoms with E-state index in [4.69, 9.17) is 23.2 Å². The first-order chi connectivity index (χ1) is 19.6. The van der Waals surface area contributed by atoms with E-state index < -0.39 is 24.2 Å². The number of pyridine rings is 1. The highest BCUT2D eigenvalue weighted by atomic mass is 35.5. The molecule has 8 nitrogen and oxygen atoms in total. The number of aromatic nitrogens is 1. The topological polar surface area (TPSA) is 85.9 Å². The van der Waals surface area contributed by atoms with E-state index in [0.717, 1.165) is 16.0 Å². The fourth-order valence-corrected chi connectivity index (χ4v) is 6.71. The lowest BCUT2D eigenvalue weighted by atomic mass is 9.96. The molecule has 3 aromatic rings. The molecular weight excluding hydrogens is 581 g/mol. The molecule has 1 N–H and O–H groups in total. The molecule has 0 aliphatic carbocycles. The maximum atomic E-state index is 14.2. The lowest BCUT2D eigenvalue weighted by Crippen LogP contribution is -2.74. The molecule has 3 heterocycles. The summed E-state index contributed by atoms with van der Waals surface area (Å²) in [6.07, 6.45) is 2.92. The second-order valence-electron chi connectivity index (χ2n) is 10.5. The van der Waals surface area contributed by atoms with Crippen LogP contribution in [0.3, 0.4) is 0 Å². The predicted octanol–water partition coefficient (Wildman–Crippen LogP) is 4.83. The van der Waals surface area contributed by atoms with Crippen molar-refractivity contribution in [2.75, 3.05) is 13.1 Å². The van der Waals surface area contributed by atoms with Crippen molar-refractivity contribution in [3.05, 3.63) is 93.7 Å². The molecule has 0 saturated carbocycles. The summed E-state index contributed by atoms with van der Waals surface area (Å²) < 4.78 is 2.06. The number of hydrogen-bond acceptors (Lipinski definition) is 6. The van der Waals surface area contributed by atoms with Gasteiger partial charge in [-0.15, -0.1) is 0 Å². The largest absolute Gasteiger partial charge is 0.339 e. The Labute approximate surface area is 254 Å². The van der Waals surface area contributed by atoms with Crippen LogP contribution in [-0.2, 0) is 16.0 Å². The van der Waals surface area contributed by atoms with Crippen molar-refractivity contribution in [1.82, 2.24) is 24.4 Å². The Kier molecular flexibility index (Phi) is 8.89. The SMILES string of the molecule is Cc1ccc(SN2CC(NC(=O)c3cccnc3)C(=O)N3C(Cc4ccc(Cl)cc4)C(=O)N(C(C)C)CC23)c(Cl)c1. The average molecular weight is 613 g/mol. The number of rotatable bonds is 7. The van der Waals surface area contributed by atoms with Gasteiger partial charge in [-0.1, -0.05) is 41.4 Å². The lowest BCUT2D eigenvalue weighted by Gasteiger charge is -2.54. The third kappa shape index (κ3) is 6.38. The number of benzene rings is 2. The van der Waals surface area contributed by atoms with Crippen LogP contribution in [0.5, 0.6) is 0 Å². The van der Waals surface area contributed by atoms with Crippen LogP contribution in [0.15, 0.2) is 71.9 Å². The number of carbonyl (C=O) groups is 3. The molecule has 2 aromatic carbocycles. The van der Waals surface area contributed by atoms with Crippen molar-refractivity contribution in [1.29, 1.82) is 0 Å². The van der Waals surface area contributed by atoms with Crippen LogP contribution in [0, 0.1) is 6.92 Å². The van der Waals surface area contributed by atoms with Crippen molar-refractivity contribution in [2.24, 2.45) is 0 Å². The summed E-state index contributed by atoms with van der Waals surface area (Å²) in [4.78, 5) is 49.5. The van der Waals surface area contributed by atoms with Gasteiger partial charge in [0.25, 0.3) is 5.91 Å². The number of carbonyl (C=O) groups excluding carboxylic acids is 3. The first kappa shape index (κ1) is 29.4. The van der Waals surface area contributed by atoms with Crippen LogP contribution in [0.2, 0.25) is 10.0 Å². The minimum atomic E-state index is -0.887. The maximum Gasteiger partial charge on any atom is 0.253 e. The Balaban J connectivity index is 1.53. The Bertz CT molecular complexity index is 1440. The van der Waals surface area contributed by atoms with Gasteiger partial charge in [0.1, 0.15) is 18.2 Å². The van der Waals surface area contributed by atoms with Gasteiger partial charge in [-0.2, -0.15) is 0 Å². The molecule has 3 atom stereocenters. The first-order valence-corrected chi connectivity index (χ1v) is 14.9. The van der Waals surface area contributed by atoms with Crippen LogP contribution in [0.25, 0.3) is 0 Å². The van der Waals surface area contributed by atoms with Crippen molar-refractivity contribution < 1.29 is 14.4 Å². The number of aryl methyl sites for hydroxylation is 1. The number of piperazine rings is 1. The summed E-state index contributed by atoms with van der Waals surface area (Å²) in [5.74, 6) is -0.832. The first-order valence-electron chi connectivity index (χ1n) is 13.4. The lowest BCUT2D eigenvalue weighted by molar-refractivity contribution is -0.168. The Morgan fingerprint density at radius 3 is 2.49 bits per heavy atom. The summed E-state index contributed by atoms with van der Waals surface area (Å²) >= 11 is 14.2. The van der Waals surface area contributed by atoms with Gasteiger partial charge in [-0.05, 0) is 80.2 Å². The molecule has 0 spiro atoms. The molecule has 1 aromatic heterocycles. The van der Waals surface area contributed by atoms with Crippen molar-refractivity contribution in [3.63, 3.8) is 0 Å². The Morgan fingerprint density at radius 2 is 1.83 bits per heavy atom. The number of fused-ring (bicyclic) bond motifs is 1. The molecule has 2 aliphatic rings. The van der Waals surface area contributed by atoms with Crippen molar-refractivity contribution >= 4 is 52.9 Å². The van der Waals surface area contributed by atoms with Crippen LogP contribution in [0.4, 0.5) is 0 Å². The van der Waals surface area contributed by atoms with Crippen molar-refractivity contribution in [3.8, 4) is 0 Å². The highest BCUT2D eigenvalue weighted by Gasteiger charge is 2.51. The predicted molar refractivity (Wildman–Crippen MR) is 161 cm³/mol. The highest BCUT2D eigenvalue weighted by Crippen LogP contribution is 2.38. The van der Waals surface area contributed by atoms with Gasteiger partial charge >= 0.3 is 0 Å². The van der Waals surface area contributed by atoms with Gasteiger partial charge in [-0.3, -0.25) is 19.4 Å². The second-order valence-corrected chi connectivity index (χ2v) is 12.5. The van der Waals surface area contributed by atoms with E-state index >= 15 is 0 Å². The summed E-state index contributed by atoms with van der Waals surface area (Å²) in [6.45, 7) is 6.49. The number of nitrogens with one attached hydrogen (secondary N) is 1. The van der Waals surface area contributed by atoms with Gasteiger partial charge in [0, 0.05) is 41.3 Å². The summed E-state index contributed by atoms with van der Waals surface area (Å²) in [5.41, 5.74) is 2.27. The Hall–Kier alpha value is -3.11. The average Bonchev–Trinajstić information content (AvgIpc) is 2.95. The van der Waals surface area contributed by atoms with Crippen LogP contribution in [-0.4, -0.2) is 74.2 Å². The van der Waals surface area contributed by atoms with E-state index in [1.165, 1.54) is 18.1 Å². The van der Waals surface area contributed by atoms with Gasteiger partial charge < -0.3 is 15.1 Å². The van der Waals surface area contributed by atoms with Crippen LogP contribution in [0.1, 0.15) is 35.3 Å². The van der Waals surface area contributed by atoms with E-state index in [9.17, 15) is 14.4 Å². The molecule has 5 rings (SSSR count). The van der Waals surface area contributed by atoms with E-state index in [1.807, 2.05) is 56.0 Å². The summed E-state index contributed by atoms with van der Waals surface area (Å²) in [6, 6.07) is 14.7. The molecular formula is C30H31Cl2N5O3S. The van der Waals surface area contributed by atoms with E-state index in [1.54, 1.807) is 35.4 Å². The zero-order valence-corrected chi connectivity index (χ0v) is 25.3.